The van der Waals surface area contributed by atoms with Gasteiger partial charge in [0.15, 0.2) is 0 Å². The van der Waals surface area contributed by atoms with Crippen LogP contribution in [0.3, 0.4) is 0 Å². The van der Waals surface area contributed by atoms with E-state index < -0.39 is 11.4 Å². The van der Waals surface area contributed by atoms with Crippen molar-refractivity contribution in [2.24, 2.45) is 28.1 Å². The van der Waals surface area contributed by atoms with Gasteiger partial charge in [-0.25, -0.2) is 0 Å². The summed E-state index contributed by atoms with van der Waals surface area (Å²) in [4.78, 5) is 11.9. The molecule has 3 rings (SSSR count). The molecule has 2 nitrogen and oxygen atoms in total. The molecule has 0 spiro atoms. The molecule has 2 fully saturated rings. The van der Waals surface area contributed by atoms with Crippen LogP contribution < -0.4 is 0 Å². The maximum absolute atomic E-state index is 11.9. The van der Waals surface area contributed by atoms with E-state index in [2.05, 4.69) is 32.6 Å². The summed E-state index contributed by atoms with van der Waals surface area (Å²) >= 11 is 0. The van der Waals surface area contributed by atoms with Gasteiger partial charge in [-0.2, -0.15) is 0 Å². The second-order valence-corrected chi connectivity index (χ2v) is 8.78. The number of carboxylic acids is 1. The molecule has 3 unspecified atom stereocenters. The Morgan fingerprint density at radius 2 is 2.05 bits per heavy atom. The van der Waals surface area contributed by atoms with Crippen LogP contribution in [0.2, 0.25) is 0 Å². The zero-order valence-corrected chi connectivity index (χ0v) is 14.3. The highest BCUT2D eigenvalue weighted by Gasteiger charge is 2.58. The Kier molecular flexibility index (Phi) is 3.58. The lowest BCUT2D eigenvalue weighted by atomic mass is 9.45. The number of aliphatic carboxylic acids is 1. The van der Waals surface area contributed by atoms with Crippen molar-refractivity contribution >= 4 is 5.97 Å². The normalized spacial score (nSPS) is 47.9. The summed E-state index contributed by atoms with van der Waals surface area (Å²) < 4.78 is 0. The van der Waals surface area contributed by atoms with Crippen LogP contribution in [0.25, 0.3) is 0 Å². The summed E-state index contributed by atoms with van der Waals surface area (Å²) in [5.41, 5.74) is 1.43. The third-order valence-electron chi connectivity index (χ3n) is 7.43. The first-order valence-corrected chi connectivity index (χ1v) is 8.81. The van der Waals surface area contributed by atoms with Gasteiger partial charge < -0.3 is 5.11 Å². The highest BCUT2D eigenvalue weighted by molar-refractivity contribution is 5.75. The highest BCUT2D eigenvalue weighted by Crippen LogP contribution is 2.63. The minimum Gasteiger partial charge on any atom is -0.481 e. The predicted octanol–water partition coefficient (Wildman–Crippen LogP) is 5.21. The van der Waals surface area contributed by atoms with Gasteiger partial charge in [0.2, 0.25) is 0 Å². The maximum atomic E-state index is 11.9. The first-order chi connectivity index (χ1) is 10.3. The third-order valence-corrected chi connectivity index (χ3v) is 7.43. The molecule has 0 radical (unpaired) electrons. The van der Waals surface area contributed by atoms with Crippen LogP contribution in [-0.4, -0.2) is 11.1 Å². The zero-order chi connectivity index (χ0) is 16.2. The fourth-order valence-electron chi connectivity index (χ4n) is 5.86. The van der Waals surface area contributed by atoms with Crippen molar-refractivity contribution in [3.8, 4) is 0 Å². The molecule has 3 aliphatic rings. The molecule has 122 valence electrons. The van der Waals surface area contributed by atoms with Crippen molar-refractivity contribution < 1.29 is 9.90 Å². The van der Waals surface area contributed by atoms with Gasteiger partial charge in [-0.1, -0.05) is 38.0 Å². The van der Waals surface area contributed by atoms with E-state index in [1.165, 1.54) is 19.3 Å². The number of allylic oxidation sites excluding steroid dienone is 3. The summed E-state index contributed by atoms with van der Waals surface area (Å²) in [5.74, 6) is 0.276. The monoisotopic (exact) mass is 302 g/mol. The van der Waals surface area contributed by atoms with Crippen LogP contribution in [0.15, 0.2) is 24.3 Å². The fourth-order valence-corrected chi connectivity index (χ4v) is 5.86. The molecule has 1 N–H and O–H groups in total. The summed E-state index contributed by atoms with van der Waals surface area (Å²) in [6, 6.07) is 0. The molecule has 3 aliphatic carbocycles. The first kappa shape index (κ1) is 15.8. The lowest BCUT2D eigenvalue weighted by Gasteiger charge is -2.58. The molecular formula is C20H30O2. The fraction of sp³-hybridized carbons (Fsp3) is 0.750. The molecule has 0 heterocycles. The number of hydrogen-bond donors (Lipinski definition) is 1. The molecule has 22 heavy (non-hydrogen) atoms. The van der Waals surface area contributed by atoms with E-state index in [1.807, 2.05) is 6.92 Å². The Morgan fingerprint density at radius 3 is 2.68 bits per heavy atom. The Hall–Kier alpha value is -1.05. The van der Waals surface area contributed by atoms with Gasteiger partial charge in [0.1, 0.15) is 0 Å². The molecule has 0 aromatic heterocycles. The summed E-state index contributed by atoms with van der Waals surface area (Å²) in [6.07, 6.45) is 12.0. The van der Waals surface area contributed by atoms with Gasteiger partial charge in [0, 0.05) is 0 Å². The van der Waals surface area contributed by atoms with Crippen molar-refractivity contribution in [3.63, 3.8) is 0 Å². The quantitative estimate of drug-likeness (QED) is 0.711. The Morgan fingerprint density at radius 1 is 1.32 bits per heavy atom. The molecule has 5 atom stereocenters. The molecule has 0 aromatic carbocycles. The SMILES string of the molecule is C=C[C@]1(C)CCC2C(=CCC3C2(C)CCC[C@@]3(C)C(=O)O)C1. The largest absolute Gasteiger partial charge is 0.481 e. The minimum absolute atomic E-state index is 0.165. The Bertz CT molecular complexity index is 534. The molecular weight excluding hydrogens is 272 g/mol. The van der Waals surface area contributed by atoms with Crippen LogP contribution in [-0.2, 0) is 4.79 Å². The van der Waals surface area contributed by atoms with E-state index in [0.29, 0.717) is 5.92 Å². The van der Waals surface area contributed by atoms with E-state index in [0.717, 1.165) is 25.7 Å². The molecule has 0 bridgehead atoms. The predicted molar refractivity (Wildman–Crippen MR) is 89.5 cm³/mol. The highest BCUT2D eigenvalue weighted by atomic mass is 16.4. The van der Waals surface area contributed by atoms with E-state index in [9.17, 15) is 9.90 Å². The van der Waals surface area contributed by atoms with Crippen LogP contribution in [0.5, 0.6) is 0 Å². The third kappa shape index (κ3) is 2.10. The van der Waals surface area contributed by atoms with Gasteiger partial charge in [0.25, 0.3) is 0 Å². The summed E-state index contributed by atoms with van der Waals surface area (Å²) in [5, 5.41) is 9.83. The lowest BCUT2D eigenvalue weighted by molar-refractivity contribution is -0.163. The van der Waals surface area contributed by atoms with Gasteiger partial charge in [0.05, 0.1) is 5.41 Å². The zero-order valence-electron chi connectivity index (χ0n) is 14.3. The van der Waals surface area contributed by atoms with Gasteiger partial charge in [-0.3, -0.25) is 4.79 Å². The van der Waals surface area contributed by atoms with E-state index >= 15 is 0 Å². The number of hydrogen-bond acceptors (Lipinski definition) is 1. The molecule has 0 saturated heterocycles. The van der Waals surface area contributed by atoms with Gasteiger partial charge in [-0.05, 0) is 68.1 Å². The summed E-state index contributed by atoms with van der Waals surface area (Å²) in [7, 11) is 0. The average molecular weight is 302 g/mol. The van der Waals surface area contributed by atoms with Crippen molar-refractivity contribution in [2.45, 2.75) is 65.7 Å². The average Bonchev–Trinajstić information content (AvgIpc) is 2.46. The summed E-state index contributed by atoms with van der Waals surface area (Å²) in [6.45, 7) is 10.7. The maximum Gasteiger partial charge on any atom is 0.309 e. The molecule has 0 aliphatic heterocycles. The van der Waals surface area contributed by atoms with Crippen LogP contribution in [0.4, 0.5) is 0 Å². The molecule has 2 heteroatoms. The first-order valence-electron chi connectivity index (χ1n) is 8.81. The molecule has 2 saturated carbocycles. The van der Waals surface area contributed by atoms with E-state index in [-0.39, 0.29) is 16.7 Å². The van der Waals surface area contributed by atoms with Gasteiger partial charge in [-0.15, -0.1) is 6.58 Å². The Labute approximate surface area is 134 Å². The molecule has 0 aromatic rings. The number of carbonyl (C=O) groups is 1. The van der Waals surface area contributed by atoms with Crippen molar-refractivity contribution in [1.29, 1.82) is 0 Å². The smallest absolute Gasteiger partial charge is 0.309 e. The number of rotatable bonds is 2. The Balaban J connectivity index is 1.98. The van der Waals surface area contributed by atoms with Crippen molar-refractivity contribution in [1.82, 2.24) is 0 Å². The van der Waals surface area contributed by atoms with Crippen LogP contribution >= 0.6 is 0 Å². The number of carboxylic acid groups (broad SMARTS) is 1. The van der Waals surface area contributed by atoms with Crippen molar-refractivity contribution in [3.05, 3.63) is 24.3 Å². The van der Waals surface area contributed by atoms with E-state index in [1.54, 1.807) is 5.57 Å². The van der Waals surface area contributed by atoms with Gasteiger partial charge >= 0.3 is 5.97 Å². The van der Waals surface area contributed by atoms with Crippen LogP contribution in [0, 0.1) is 28.1 Å². The minimum atomic E-state index is -0.591. The molecule has 0 amide bonds. The standard InChI is InChI=1S/C20H30O2/c1-5-18(2)12-9-15-14(13-18)7-8-16-19(15,3)10-6-11-20(16,4)17(21)22/h5,7,15-16H,1,6,8-13H2,2-4H3,(H,21,22)/t15?,16?,18-,19?,20-/m1/s1. The lowest BCUT2D eigenvalue weighted by Crippen LogP contribution is -2.53. The van der Waals surface area contributed by atoms with Crippen LogP contribution in [0.1, 0.15) is 65.7 Å². The second kappa shape index (κ2) is 4.97. The topological polar surface area (TPSA) is 37.3 Å². The number of fused-ring (bicyclic) bond motifs is 3. The van der Waals surface area contributed by atoms with Crippen molar-refractivity contribution in [2.75, 3.05) is 0 Å². The second-order valence-electron chi connectivity index (χ2n) is 8.78. The van der Waals surface area contributed by atoms with E-state index in [4.69, 9.17) is 0 Å².